The van der Waals surface area contributed by atoms with Crippen LogP contribution in [0, 0.1) is 20.8 Å². The number of pyridine rings is 1. The van der Waals surface area contributed by atoms with Crippen molar-refractivity contribution in [3.05, 3.63) is 75.3 Å². The second-order valence-electron chi connectivity index (χ2n) is 7.09. The molecule has 2 N–H and O–H groups in total. The summed E-state index contributed by atoms with van der Waals surface area (Å²) in [5.74, 6) is 0.476. The third-order valence-corrected chi connectivity index (χ3v) is 6.39. The standard InChI is InChI=1S/C21H20N6O2S2/c1-12-7-13(2)9-15(8-12)23-19(29)24-20-25-26-21(31-20)30-11-16-10-17(28)27-6-4-5-14(3)18(27)22-16/h4-10H,11H2,1-3H3,(H2,23,24,25,29). The Kier molecular flexibility index (Phi) is 6.01. The van der Waals surface area contributed by atoms with Gasteiger partial charge in [0.1, 0.15) is 5.65 Å². The molecule has 2 amide bonds. The van der Waals surface area contributed by atoms with E-state index >= 15 is 0 Å². The minimum absolute atomic E-state index is 0.119. The van der Waals surface area contributed by atoms with Crippen LogP contribution in [-0.2, 0) is 5.75 Å². The van der Waals surface area contributed by atoms with Crippen molar-refractivity contribution in [2.24, 2.45) is 0 Å². The van der Waals surface area contributed by atoms with Gasteiger partial charge in [0.25, 0.3) is 5.56 Å². The van der Waals surface area contributed by atoms with Crippen LogP contribution in [0.4, 0.5) is 15.6 Å². The Morgan fingerprint density at radius 2 is 1.87 bits per heavy atom. The predicted octanol–water partition coefficient (Wildman–Crippen LogP) is 4.41. The van der Waals surface area contributed by atoms with Crippen LogP contribution in [-0.4, -0.2) is 25.6 Å². The zero-order valence-electron chi connectivity index (χ0n) is 17.2. The van der Waals surface area contributed by atoms with Gasteiger partial charge in [-0.25, -0.2) is 9.78 Å². The smallest absolute Gasteiger partial charge is 0.308 e. The Bertz CT molecular complexity index is 1310. The summed E-state index contributed by atoms with van der Waals surface area (Å²) in [6.07, 6.45) is 1.71. The Morgan fingerprint density at radius 1 is 1.10 bits per heavy atom. The van der Waals surface area contributed by atoms with Crippen molar-refractivity contribution in [1.82, 2.24) is 19.6 Å². The van der Waals surface area contributed by atoms with E-state index in [-0.39, 0.29) is 11.6 Å². The molecule has 0 atom stereocenters. The normalized spacial score (nSPS) is 10.9. The van der Waals surface area contributed by atoms with Gasteiger partial charge < -0.3 is 5.32 Å². The fourth-order valence-electron chi connectivity index (χ4n) is 3.14. The number of rotatable bonds is 5. The van der Waals surface area contributed by atoms with Gasteiger partial charge in [-0.2, -0.15) is 0 Å². The van der Waals surface area contributed by atoms with E-state index in [0.29, 0.717) is 26.6 Å². The number of aromatic nitrogens is 4. The third-order valence-electron chi connectivity index (χ3n) is 4.39. The van der Waals surface area contributed by atoms with Crippen LogP contribution >= 0.6 is 23.1 Å². The van der Waals surface area contributed by atoms with Gasteiger partial charge in [0.2, 0.25) is 5.13 Å². The molecular formula is C21H20N6O2S2. The highest BCUT2D eigenvalue weighted by molar-refractivity contribution is 8.00. The van der Waals surface area contributed by atoms with Crippen LogP contribution in [0.1, 0.15) is 22.4 Å². The van der Waals surface area contributed by atoms with E-state index in [1.165, 1.54) is 33.6 Å². The van der Waals surface area contributed by atoms with Gasteiger partial charge in [0.15, 0.2) is 4.34 Å². The fourth-order valence-corrected chi connectivity index (χ4v) is 4.78. The van der Waals surface area contributed by atoms with E-state index in [1.807, 2.05) is 51.1 Å². The molecule has 0 aliphatic carbocycles. The van der Waals surface area contributed by atoms with Gasteiger partial charge in [-0.3, -0.25) is 14.5 Å². The molecule has 1 aromatic carbocycles. The molecule has 0 radical (unpaired) electrons. The maximum atomic E-state index is 12.3. The fraction of sp³-hybridized carbons (Fsp3) is 0.190. The number of anilines is 2. The first-order valence-electron chi connectivity index (χ1n) is 9.48. The summed E-state index contributed by atoms with van der Waals surface area (Å²) in [7, 11) is 0. The Balaban J connectivity index is 1.39. The highest BCUT2D eigenvalue weighted by Crippen LogP contribution is 2.28. The molecule has 10 heteroatoms. The molecule has 0 fully saturated rings. The molecule has 0 aliphatic rings. The summed E-state index contributed by atoms with van der Waals surface area (Å²) >= 11 is 2.68. The van der Waals surface area contributed by atoms with Crippen molar-refractivity contribution in [1.29, 1.82) is 0 Å². The van der Waals surface area contributed by atoms with Gasteiger partial charge in [-0.15, -0.1) is 10.2 Å². The molecule has 4 aromatic rings. The van der Waals surface area contributed by atoms with E-state index in [0.717, 1.165) is 22.4 Å². The topological polar surface area (TPSA) is 101 Å². The number of carbonyl (C=O) groups excluding carboxylic acids is 1. The molecular weight excluding hydrogens is 432 g/mol. The van der Waals surface area contributed by atoms with E-state index in [9.17, 15) is 9.59 Å². The monoisotopic (exact) mass is 452 g/mol. The molecule has 8 nitrogen and oxygen atoms in total. The molecule has 158 valence electrons. The number of nitrogens with one attached hydrogen (secondary N) is 2. The highest BCUT2D eigenvalue weighted by atomic mass is 32.2. The Morgan fingerprint density at radius 3 is 2.65 bits per heavy atom. The lowest BCUT2D eigenvalue weighted by Crippen LogP contribution is -2.19. The Labute approximate surface area is 186 Å². The lowest BCUT2D eigenvalue weighted by molar-refractivity contribution is 0.262. The Hall–Kier alpha value is -3.24. The number of thioether (sulfide) groups is 1. The highest BCUT2D eigenvalue weighted by Gasteiger charge is 2.11. The van der Waals surface area contributed by atoms with Crippen LogP contribution in [0.5, 0.6) is 0 Å². The molecule has 0 spiro atoms. The van der Waals surface area contributed by atoms with Crippen LogP contribution in [0.15, 0.2) is 51.7 Å². The maximum Gasteiger partial charge on any atom is 0.325 e. The van der Waals surface area contributed by atoms with Gasteiger partial charge in [0, 0.05) is 23.7 Å². The van der Waals surface area contributed by atoms with E-state index in [4.69, 9.17) is 0 Å². The molecule has 0 saturated carbocycles. The molecule has 0 aliphatic heterocycles. The van der Waals surface area contributed by atoms with Crippen LogP contribution < -0.4 is 16.2 Å². The van der Waals surface area contributed by atoms with Crippen molar-refractivity contribution >= 4 is 45.6 Å². The molecule has 31 heavy (non-hydrogen) atoms. The number of hydrogen-bond donors (Lipinski definition) is 2. The lowest BCUT2D eigenvalue weighted by atomic mass is 10.1. The molecule has 0 saturated heterocycles. The largest absolute Gasteiger partial charge is 0.325 e. The van der Waals surface area contributed by atoms with Gasteiger partial charge in [-0.1, -0.05) is 35.2 Å². The second-order valence-corrected chi connectivity index (χ2v) is 9.29. The SMILES string of the molecule is Cc1cc(C)cc(NC(=O)Nc2nnc(SCc3cc(=O)n4cccc(C)c4n3)s2)c1. The average molecular weight is 453 g/mol. The number of aryl methyl sites for hydroxylation is 3. The minimum atomic E-state index is -0.377. The number of nitrogens with zero attached hydrogens (tertiary/aromatic N) is 4. The first kappa shape index (κ1) is 21.0. The van der Waals surface area contributed by atoms with Gasteiger partial charge >= 0.3 is 6.03 Å². The molecule has 3 heterocycles. The summed E-state index contributed by atoms with van der Waals surface area (Å²) in [5, 5.41) is 14.0. The number of fused-ring (bicyclic) bond motifs is 1. The zero-order chi connectivity index (χ0) is 22.0. The van der Waals surface area contributed by atoms with Crippen molar-refractivity contribution < 1.29 is 4.79 Å². The first-order chi connectivity index (χ1) is 14.9. The van der Waals surface area contributed by atoms with E-state index < -0.39 is 0 Å². The van der Waals surface area contributed by atoms with Gasteiger partial charge in [0.05, 0.1) is 5.69 Å². The van der Waals surface area contributed by atoms with Crippen molar-refractivity contribution in [2.75, 3.05) is 10.6 Å². The number of carbonyl (C=O) groups is 1. The minimum Gasteiger partial charge on any atom is -0.308 e. The number of amides is 2. The van der Waals surface area contributed by atoms with Crippen LogP contribution in [0.2, 0.25) is 0 Å². The second kappa shape index (κ2) is 8.86. The quantitative estimate of drug-likeness (QED) is 0.344. The summed E-state index contributed by atoms with van der Waals surface area (Å²) < 4.78 is 2.21. The average Bonchev–Trinajstić information content (AvgIpc) is 3.13. The third kappa shape index (κ3) is 5.09. The van der Waals surface area contributed by atoms with E-state index in [2.05, 4.69) is 25.8 Å². The van der Waals surface area contributed by atoms with Crippen molar-refractivity contribution in [3.8, 4) is 0 Å². The van der Waals surface area contributed by atoms with Crippen LogP contribution in [0.3, 0.4) is 0 Å². The maximum absolute atomic E-state index is 12.3. The number of urea groups is 1. The van der Waals surface area contributed by atoms with Gasteiger partial charge in [-0.05, 0) is 55.7 Å². The molecule has 0 bridgehead atoms. The zero-order valence-corrected chi connectivity index (χ0v) is 18.8. The number of hydrogen-bond acceptors (Lipinski definition) is 7. The molecule has 4 rings (SSSR count). The van der Waals surface area contributed by atoms with Crippen molar-refractivity contribution in [3.63, 3.8) is 0 Å². The number of benzene rings is 1. The van der Waals surface area contributed by atoms with E-state index in [1.54, 1.807) is 6.20 Å². The van der Waals surface area contributed by atoms with Crippen LogP contribution in [0.25, 0.3) is 5.65 Å². The summed E-state index contributed by atoms with van der Waals surface area (Å²) in [4.78, 5) is 29.1. The van der Waals surface area contributed by atoms with Crippen molar-refractivity contribution in [2.45, 2.75) is 30.9 Å². The predicted molar refractivity (Wildman–Crippen MR) is 124 cm³/mol. The lowest BCUT2D eigenvalue weighted by Gasteiger charge is -2.07. The summed E-state index contributed by atoms with van der Waals surface area (Å²) in [5.41, 5.74) is 4.99. The molecule has 3 aromatic heterocycles. The summed E-state index contributed by atoms with van der Waals surface area (Å²) in [6, 6.07) is 10.7. The first-order valence-corrected chi connectivity index (χ1v) is 11.3. The summed E-state index contributed by atoms with van der Waals surface area (Å²) in [6.45, 7) is 5.87. The molecule has 0 unspecified atom stereocenters.